The molecule has 1 atom stereocenters. The number of amides is 1. The molecule has 1 heterocycles. The van der Waals surface area contributed by atoms with Gasteiger partial charge in [-0.2, -0.15) is 0 Å². The van der Waals surface area contributed by atoms with Crippen molar-refractivity contribution in [3.05, 3.63) is 64.7 Å². The second-order valence-corrected chi connectivity index (χ2v) is 6.99. The number of carbonyl (C=O) groups excluding carboxylic acids is 1. The highest BCUT2D eigenvalue weighted by Crippen LogP contribution is 2.22. The summed E-state index contributed by atoms with van der Waals surface area (Å²) in [4.78, 5) is 13.1. The van der Waals surface area contributed by atoms with E-state index in [1.807, 2.05) is 24.3 Å². The summed E-state index contributed by atoms with van der Waals surface area (Å²) in [6, 6.07) is 16.2. The number of nitrogens with one attached hydrogen (secondary N) is 2. The first-order chi connectivity index (χ1) is 11.2. The molecule has 3 nitrogen and oxygen atoms in total. The van der Waals surface area contributed by atoms with Gasteiger partial charge in [-0.05, 0) is 48.4 Å². The van der Waals surface area contributed by atoms with E-state index in [2.05, 4.69) is 34.9 Å². The van der Waals surface area contributed by atoms with Gasteiger partial charge < -0.3 is 10.6 Å². The van der Waals surface area contributed by atoms with Crippen molar-refractivity contribution in [1.82, 2.24) is 10.6 Å². The van der Waals surface area contributed by atoms with Gasteiger partial charge in [0.2, 0.25) is 5.91 Å². The van der Waals surface area contributed by atoms with Crippen LogP contribution in [0, 0.1) is 0 Å². The molecule has 1 aliphatic heterocycles. The van der Waals surface area contributed by atoms with Crippen molar-refractivity contribution in [2.24, 2.45) is 0 Å². The quantitative estimate of drug-likeness (QED) is 0.771. The lowest BCUT2D eigenvalue weighted by Crippen LogP contribution is -2.39. The lowest BCUT2D eigenvalue weighted by molar-refractivity contribution is -0.118. The van der Waals surface area contributed by atoms with Gasteiger partial charge in [0, 0.05) is 22.5 Å². The molecule has 0 aliphatic carbocycles. The Balaban J connectivity index is 0.00000208. The average Bonchev–Trinajstić information content (AvgIpc) is 2.59. The average molecular weight is 383 g/mol. The van der Waals surface area contributed by atoms with E-state index in [1.54, 1.807) is 0 Å². The summed E-state index contributed by atoms with van der Waals surface area (Å²) >= 11 is 7.37. The van der Waals surface area contributed by atoms with Gasteiger partial charge in [-0.25, -0.2) is 0 Å². The van der Waals surface area contributed by atoms with Gasteiger partial charge in [-0.3, -0.25) is 4.79 Å². The van der Waals surface area contributed by atoms with Crippen molar-refractivity contribution >= 4 is 41.7 Å². The van der Waals surface area contributed by atoms with Crippen LogP contribution in [0.4, 0.5) is 0 Å². The van der Waals surface area contributed by atoms with E-state index >= 15 is 0 Å². The Bertz CT molecular complexity index is 679. The lowest BCUT2D eigenvalue weighted by atomic mass is 9.94. The molecule has 0 saturated carbocycles. The molecular weight excluding hydrogens is 363 g/mol. The number of fused-ring (bicyclic) bond motifs is 1. The van der Waals surface area contributed by atoms with Gasteiger partial charge >= 0.3 is 0 Å². The van der Waals surface area contributed by atoms with Crippen LogP contribution in [0.5, 0.6) is 0 Å². The minimum atomic E-state index is 0. The Morgan fingerprint density at radius 1 is 1.21 bits per heavy atom. The van der Waals surface area contributed by atoms with E-state index in [1.165, 1.54) is 22.9 Å². The fraction of sp³-hybridized carbons (Fsp3) is 0.278. The van der Waals surface area contributed by atoms with Crippen LogP contribution in [0.1, 0.15) is 17.2 Å². The van der Waals surface area contributed by atoms with E-state index < -0.39 is 0 Å². The van der Waals surface area contributed by atoms with Gasteiger partial charge in [0.1, 0.15) is 0 Å². The van der Waals surface area contributed by atoms with Crippen molar-refractivity contribution in [3.63, 3.8) is 0 Å². The van der Waals surface area contributed by atoms with E-state index in [9.17, 15) is 4.79 Å². The molecule has 128 valence electrons. The zero-order valence-corrected chi connectivity index (χ0v) is 15.5. The molecule has 0 aromatic heterocycles. The highest BCUT2D eigenvalue weighted by atomic mass is 35.5. The number of carbonyl (C=O) groups is 1. The van der Waals surface area contributed by atoms with Gasteiger partial charge in [-0.15, -0.1) is 24.2 Å². The molecule has 24 heavy (non-hydrogen) atoms. The molecule has 1 unspecified atom stereocenters. The maximum Gasteiger partial charge on any atom is 0.230 e. The molecule has 3 rings (SSSR count). The molecule has 6 heteroatoms. The molecule has 0 spiro atoms. The summed E-state index contributed by atoms with van der Waals surface area (Å²) in [6.45, 7) is 1.58. The fourth-order valence-electron chi connectivity index (χ4n) is 2.72. The first kappa shape index (κ1) is 19.1. The number of halogens is 2. The van der Waals surface area contributed by atoms with Gasteiger partial charge in [0.25, 0.3) is 0 Å². The third-order valence-corrected chi connectivity index (χ3v) is 5.17. The number of benzene rings is 2. The molecule has 0 saturated heterocycles. The molecule has 2 aromatic rings. The normalized spacial score (nSPS) is 16.0. The standard InChI is InChI=1S/C18H19ClN2OS.ClH/c19-14-5-7-15(8-6-14)23-12-18(22)21-11-17-16-4-2-1-3-13(16)9-10-20-17;/h1-8,17,20H,9-12H2,(H,21,22);1H. The molecule has 0 fully saturated rings. The van der Waals surface area contributed by atoms with Gasteiger partial charge in [-0.1, -0.05) is 35.9 Å². The molecule has 1 aliphatic rings. The summed E-state index contributed by atoms with van der Waals surface area (Å²) in [5.41, 5.74) is 2.67. The molecule has 0 bridgehead atoms. The minimum absolute atomic E-state index is 0. The second kappa shape index (κ2) is 9.33. The summed E-state index contributed by atoms with van der Waals surface area (Å²) in [7, 11) is 0. The van der Waals surface area contributed by atoms with Crippen LogP contribution in [0.3, 0.4) is 0 Å². The molecule has 2 N–H and O–H groups in total. The van der Waals surface area contributed by atoms with Crippen LogP contribution in [0.25, 0.3) is 0 Å². The van der Waals surface area contributed by atoms with Crippen LogP contribution < -0.4 is 10.6 Å². The maximum atomic E-state index is 12.1. The number of hydrogen-bond acceptors (Lipinski definition) is 3. The van der Waals surface area contributed by atoms with E-state index in [0.29, 0.717) is 17.3 Å². The Morgan fingerprint density at radius 3 is 2.75 bits per heavy atom. The SMILES string of the molecule is Cl.O=C(CSc1ccc(Cl)cc1)NCC1NCCc2ccccc21. The zero-order chi connectivity index (χ0) is 16.1. The van der Waals surface area contributed by atoms with E-state index in [0.717, 1.165) is 17.9 Å². The van der Waals surface area contributed by atoms with Crippen molar-refractivity contribution in [3.8, 4) is 0 Å². The Kier molecular flexibility index (Phi) is 7.43. The first-order valence-corrected chi connectivity index (χ1v) is 9.05. The maximum absolute atomic E-state index is 12.1. The van der Waals surface area contributed by atoms with Crippen LogP contribution in [0.2, 0.25) is 5.02 Å². The van der Waals surface area contributed by atoms with Gasteiger partial charge in [0.15, 0.2) is 0 Å². The molecule has 2 aromatic carbocycles. The predicted molar refractivity (Wildman–Crippen MR) is 103 cm³/mol. The van der Waals surface area contributed by atoms with Crippen LogP contribution in [-0.4, -0.2) is 24.7 Å². The highest BCUT2D eigenvalue weighted by Gasteiger charge is 2.19. The summed E-state index contributed by atoms with van der Waals surface area (Å²) in [5, 5.41) is 7.21. The van der Waals surface area contributed by atoms with E-state index in [-0.39, 0.29) is 24.4 Å². The predicted octanol–water partition coefficient (Wildman–Crippen LogP) is 3.86. The number of hydrogen-bond donors (Lipinski definition) is 2. The summed E-state index contributed by atoms with van der Waals surface area (Å²) in [5.74, 6) is 0.463. The van der Waals surface area contributed by atoms with Gasteiger partial charge in [0.05, 0.1) is 5.75 Å². The van der Waals surface area contributed by atoms with E-state index in [4.69, 9.17) is 11.6 Å². The summed E-state index contributed by atoms with van der Waals surface area (Å²) < 4.78 is 0. The Hall–Kier alpha value is -1.20. The van der Waals surface area contributed by atoms with Crippen molar-refractivity contribution in [2.45, 2.75) is 17.4 Å². The number of thioether (sulfide) groups is 1. The molecule has 0 radical (unpaired) electrons. The summed E-state index contributed by atoms with van der Waals surface area (Å²) in [6.07, 6.45) is 1.05. The van der Waals surface area contributed by atoms with Crippen LogP contribution in [0.15, 0.2) is 53.4 Å². The monoisotopic (exact) mass is 382 g/mol. The topological polar surface area (TPSA) is 41.1 Å². The third kappa shape index (κ3) is 5.15. The second-order valence-electron chi connectivity index (χ2n) is 5.50. The van der Waals surface area contributed by atoms with Crippen molar-refractivity contribution in [1.29, 1.82) is 0 Å². The van der Waals surface area contributed by atoms with Crippen LogP contribution >= 0.6 is 35.8 Å². The molecule has 1 amide bonds. The van der Waals surface area contributed by atoms with Crippen molar-refractivity contribution < 1.29 is 4.79 Å². The minimum Gasteiger partial charge on any atom is -0.353 e. The van der Waals surface area contributed by atoms with Crippen molar-refractivity contribution in [2.75, 3.05) is 18.8 Å². The molecular formula is C18H20Cl2N2OS. The third-order valence-electron chi connectivity index (χ3n) is 3.90. The Morgan fingerprint density at radius 2 is 1.96 bits per heavy atom. The fourth-order valence-corrected chi connectivity index (χ4v) is 3.58. The highest BCUT2D eigenvalue weighted by molar-refractivity contribution is 8.00. The Labute approximate surface area is 158 Å². The van der Waals surface area contributed by atoms with Crippen LogP contribution in [-0.2, 0) is 11.2 Å². The largest absolute Gasteiger partial charge is 0.353 e. The first-order valence-electron chi connectivity index (χ1n) is 7.68. The zero-order valence-electron chi connectivity index (χ0n) is 13.1. The smallest absolute Gasteiger partial charge is 0.230 e. The lowest BCUT2D eigenvalue weighted by Gasteiger charge is -2.27. The number of rotatable bonds is 5.